The summed E-state index contributed by atoms with van der Waals surface area (Å²) in [7, 11) is 0. The van der Waals surface area contributed by atoms with Crippen LogP contribution in [0.2, 0.25) is 0 Å². The van der Waals surface area contributed by atoms with Gasteiger partial charge in [-0.3, -0.25) is 4.79 Å². The maximum Gasteiger partial charge on any atom is 0.231 e. The molecule has 1 aliphatic carbocycles. The van der Waals surface area contributed by atoms with E-state index in [9.17, 15) is 18.7 Å². The Kier molecular flexibility index (Phi) is 3.45. The molecule has 0 radical (unpaired) electrons. The van der Waals surface area contributed by atoms with E-state index < -0.39 is 23.7 Å². The zero-order valence-electron chi connectivity index (χ0n) is 13.3. The summed E-state index contributed by atoms with van der Waals surface area (Å²) in [5, 5.41) is 12.2. The topological polar surface area (TPSA) is 66.6 Å². The summed E-state index contributed by atoms with van der Waals surface area (Å²) in [4.78, 5) is 16.1. The third-order valence-corrected chi connectivity index (χ3v) is 4.36. The van der Waals surface area contributed by atoms with Crippen LogP contribution < -0.4 is 5.32 Å². The minimum absolute atomic E-state index is 0.261. The van der Waals surface area contributed by atoms with Crippen LogP contribution in [-0.2, 0) is 4.79 Å². The summed E-state index contributed by atoms with van der Waals surface area (Å²) < 4.78 is 28.1. The minimum atomic E-state index is -1.06. The Labute approximate surface area is 141 Å². The first-order chi connectivity index (χ1) is 11.9. The Morgan fingerprint density at radius 2 is 2.12 bits per heavy atom. The fourth-order valence-electron chi connectivity index (χ4n) is 2.84. The predicted octanol–water partition coefficient (Wildman–Crippen LogP) is 3.45. The summed E-state index contributed by atoms with van der Waals surface area (Å²) in [6.45, 7) is 1.75. The zero-order valence-corrected chi connectivity index (χ0v) is 13.3. The number of aryl methyl sites for hydroxylation is 1. The Morgan fingerprint density at radius 1 is 1.36 bits per heavy atom. The predicted molar refractivity (Wildman–Crippen MR) is 88.6 cm³/mol. The van der Waals surface area contributed by atoms with Gasteiger partial charge in [0.15, 0.2) is 17.4 Å². The van der Waals surface area contributed by atoms with Gasteiger partial charge in [0.2, 0.25) is 5.91 Å². The van der Waals surface area contributed by atoms with Crippen molar-refractivity contribution in [3.8, 4) is 16.9 Å². The molecular formula is C18H15F2N3O2. The highest BCUT2D eigenvalue weighted by atomic mass is 19.1. The smallest absolute Gasteiger partial charge is 0.231 e. The number of imidazole rings is 1. The number of rotatable bonds is 3. The maximum absolute atomic E-state index is 13.4. The molecule has 2 N–H and O–H groups in total. The number of carbonyl (C=O) groups is 1. The van der Waals surface area contributed by atoms with Gasteiger partial charge in [0.25, 0.3) is 0 Å². The lowest BCUT2D eigenvalue weighted by Crippen LogP contribution is -2.15. The SMILES string of the molecule is Cc1cc(F)c(O)cc1-c1ccc2nc(NC(=O)[C@@H]3C[C@@H]3F)cn2c1. The number of phenolic OH excluding ortho intramolecular Hbond substituents is 1. The van der Waals surface area contributed by atoms with Gasteiger partial charge in [0.1, 0.15) is 11.8 Å². The molecule has 128 valence electrons. The quantitative estimate of drug-likeness (QED) is 0.765. The number of phenols is 1. The molecule has 1 fully saturated rings. The van der Waals surface area contributed by atoms with Crippen molar-refractivity contribution in [2.75, 3.05) is 5.32 Å². The molecule has 7 heteroatoms. The van der Waals surface area contributed by atoms with Crippen molar-refractivity contribution in [2.24, 2.45) is 5.92 Å². The summed E-state index contributed by atoms with van der Waals surface area (Å²) in [6, 6.07) is 6.20. The van der Waals surface area contributed by atoms with Gasteiger partial charge in [0.05, 0.1) is 12.1 Å². The van der Waals surface area contributed by atoms with Crippen molar-refractivity contribution in [3.05, 3.63) is 48.0 Å². The molecule has 1 saturated carbocycles. The van der Waals surface area contributed by atoms with Gasteiger partial charge in [-0.1, -0.05) is 0 Å². The third kappa shape index (κ3) is 2.82. The van der Waals surface area contributed by atoms with Crippen LogP contribution in [-0.4, -0.2) is 26.6 Å². The molecule has 0 aliphatic heterocycles. The first-order valence-corrected chi connectivity index (χ1v) is 7.85. The number of halogens is 2. The zero-order chi connectivity index (χ0) is 17.7. The second kappa shape index (κ2) is 5.54. The van der Waals surface area contributed by atoms with Crippen LogP contribution in [0, 0.1) is 18.7 Å². The Balaban J connectivity index is 1.66. The van der Waals surface area contributed by atoms with Gasteiger partial charge in [-0.15, -0.1) is 0 Å². The van der Waals surface area contributed by atoms with E-state index in [1.54, 1.807) is 35.9 Å². The third-order valence-electron chi connectivity index (χ3n) is 4.36. The van der Waals surface area contributed by atoms with Crippen molar-refractivity contribution < 1.29 is 18.7 Å². The van der Waals surface area contributed by atoms with Crippen LogP contribution in [0.5, 0.6) is 5.75 Å². The molecule has 5 nitrogen and oxygen atoms in total. The van der Waals surface area contributed by atoms with Crippen LogP contribution in [0.3, 0.4) is 0 Å². The molecule has 1 aliphatic rings. The normalized spacial score (nSPS) is 19.2. The highest BCUT2D eigenvalue weighted by Gasteiger charge is 2.43. The number of fused-ring (bicyclic) bond motifs is 1. The van der Waals surface area contributed by atoms with Gasteiger partial charge in [-0.05, 0) is 54.3 Å². The molecule has 0 bridgehead atoms. The second-order valence-electron chi connectivity index (χ2n) is 6.28. The van der Waals surface area contributed by atoms with Crippen molar-refractivity contribution >= 4 is 17.4 Å². The van der Waals surface area contributed by atoms with Crippen LogP contribution in [0.15, 0.2) is 36.7 Å². The van der Waals surface area contributed by atoms with Crippen LogP contribution in [0.4, 0.5) is 14.6 Å². The van der Waals surface area contributed by atoms with Gasteiger partial charge in [-0.2, -0.15) is 0 Å². The van der Waals surface area contributed by atoms with Crippen LogP contribution in [0.25, 0.3) is 16.8 Å². The average molecular weight is 343 g/mol. The highest BCUT2D eigenvalue weighted by molar-refractivity contribution is 5.94. The largest absolute Gasteiger partial charge is 0.505 e. The van der Waals surface area contributed by atoms with Crippen LogP contribution >= 0.6 is 0 Å². The molecule has 0 saturated heterocycles. The number of anilines is 1. The number of hydrogen-bond acceptors (Lipinski definition) is 3. The molecule has 0 spiro atoms. The lowest BCUT2D eigenvalue weighted by molar-refractivity contribution is -0.117. The van der Waals surface area contributed by atoms with Crippen LogP contribution in [0.1, 0.15) is 12.0 Å². The number of amides is 1. The number of nitrogens with one attached hydrogen (secondary N) is 1. The monoisotopic (exact) mass is 343 g/mol. The number of benzene rings is 1. The number of aromatic hydroxyl groups is 1. The van der Waals surface area contributed by atoms with E-state index in [0.29, 0.717) is 22.6 Å². The molecule has 1 aromatic carbocycles. The fourth-order valence-corrected chi connectivity index (χ4v) is 2.84. The number of alkyl halides is 1. The van der Waals surface area contributed by atoms with E-state index in [0.717, 1.165) is 5.56 Å². The van der Waals surface area contributed by atoms with Crippen molar-refractivity contribution in [1.82, 2.24) is 9.38 Å². The van der Waals surface area contributed by atoms with Crippen molar-refractivity contribution in [3.63, 3.8) is 0 Å². The summed E-state index contributed by atoms with van der Waals surface area (Å²) in [5.74, 6) is -1.67. The molecule has 1 amide bonds. The minimum Gasteiger partial charge on any atom is -0.505 e. The van der Waals surface area contributed by atoms with E-state index in [2.05, 4.69) is 10.3 Å². The molecule has 2 heterocycles. The number of hydrogen-bond donors (Lipinski definition) is 2. The summed E-state index contributed by atoms with van der Waals surface area (Å²) in [5.41, 5.74) is 2.75. The second-order valence-corrected chi connectivity index (χ2v) is 6.28. The van der Waals surface area contributed by atoms with Gasteiger partial charge >= 0.3 is 0 Å². The van der Waals surface area contributed by atoms with E-state index in [-0.39, 0.29) is 12.3 Å². The first-order valence-electron chi connectivity index (χ1n) is 7.85. The summed E-state index contributed by atoms with van der Waals surface area (Å²) in [6.07, 6.45) is 2.60. The van der Waals surface area contributed by atoms with E-state index in [4.69, 9.17) is 0 Å². The van der Waals surface area contributed by atoms with Gasteiger partial charge < -0.3 is 14.8 Å². The van der Waals surface area contributed by atoms with Crippen molar-refractivity contribution in [2.45, 2.75) is 19.5 Å². The standard InChI is InChI=1S/C18H15F2N3O2/c1-9-4-14(20)15(24)6-11(9)10-2-3-17-21-16(8-23(17)7-10)22-18(25)12-5-13(12)19/h2-4,6-8,12-13,24H,5H2,1H3,(H,22,25)/t12-,13+/m1/s1. The first kappa shape index (κ1) is 15.6. The molecule has 4 rings (SSSR count). The fraction of sp³-hybridized carbons (Fsp3) is 0.222. The molecule has 0 unspecified atom stereocenters. The molecule has 25 heavy (non-hydrogen) atoms. The molecular weight excluding hydrogens is 328 g/mol. The number of nitrogens with zero attached hydrogens (tertiary/aromatic N) is 2. The van der Waals surface area contributed by atoms with Gasteiger partial charge in [-0.25, -0.2) is 13.8 Å². The summed E-state index contributed by atoms with van der Waals surface area (Å²) >= 11 is 0. The highest BCUT2D eigenvalue weighted by Crippen LogP contribution is 2.35. The Morgan fingerprint density at radius 3 is 2.84 bits per heavy atom. The number of aromatic nitrogens is 2. The molecule has 2 aromatic heterocycles. The maximum atomic E-state index is 13.4. The lowest BCUT2D eigenvalue weighted by Gasteiger charge is -2.08. The Hall–Kier alpha value is -2.96. The van der Waals surface area contributed by atoms with E-state index in [1.807, 2.05) is 0 Å². The van der Waals surface area contributed by atoms with Gasteiger partial charge in [0, 0.05) is 6.20 Å². The van der Waals surface area contributed by atoms with E-state index >= 15 is 0 Å². The molecule has 2 atom stereocenters. The van der Waals surface area contributed by atoms with Crippen molar-refractivity contribution in [1.29, 1.82) is 0 Å². The average Bonchev–Trinajstić information content (AvgIpc) is 3.16. The number of carbonyl (C=O) groups excluding carboxylic acids is 1. The lowest BCUT2D eigenvalue weighted by atomic mass is 10.0. The van der Waals surface area contributed by atoms with E-state index in [1.165, 1.54) is 12.1 Å². The number of pyridine rings is 1. The Bertz CT molecular complexity index is 999. The molecule has 3 aromatic rings.